The Morgan fingerprint density at radius 3 is 2.60 bits per heavy atom. The highest BCUT2D eigenvalue weighted by atomic mass is 32.2. The number of carbonyl (C=O) groups is 1. The van der Waals surface area contributed by atoms with E-state index in [4.69, 9.17) is 9.66 Å². The molecular formula is C8H9NO5S. The second kappa shape index (κ2) is 4.37. The van der Waals surface area contributed by atoms with E-state index >= 15 is 0 Å². The van der Waals surface area contributed by atoms with Crippen molar-refractivity contribution >= 4 is 16.1 Å². The average molecular weight is 231 g/mol. The number of aromatic nitrogens is 1. The number of carboxylic acid groups (broad SMARTS) is 1. The zero-order valence-corrected chi connectivity index (χ0v) is 8.38. The van der Waals surface area contributed by atoms with Crippen LogP contribution >= 0.6 is 0 Å². The summed E-state index contributed by atoms with van der Waals surface area (Å²) in [6.07, 6.45) is 1.94. The topological polar surface area (TPSA) is 105 Å². The van der Waals surface area contributed by atoms with Crippen molar-refractivity contribution < 1.29 is 22.9 Å². The van der Waals surface area contributed by atoms with Gasteiger partial charge in [0.1, 0.15) is 5.25 Å². The molecule has 1 aromatic rings. The van der Waals surface area contributed by atoms with E-state index in [2.05, 4.69) is 4.98 Å². The smallest absolute Gasteiger partial charge is 0.305 e. The molecule has 0 aromatic carbocycles. The molecule has 1 atom stereocenters. The van der Waals surface area contributed by atoms with Gasteiger partial charge in [-0.25, -0.2) is 0 Å². The molecule has 0 spiro atoms. The Morgan fingerprint density at radius 1 is 1.53 bits per heavy atom. The Hall–Kier alpha value is -1.47. The van der Waals surface area contributed by atoms with E-state index in [-0.39, 0.29) is 5.56 Å². The van der Waals surface area contributed by atoms with Gasteiger partial charge in [-0.15, -0.1) is 0 Å². The van der Waals surface area contributed by atoms with Gasteiger partial charge in [0.25, 0.3) is 10.1 Å². The zero-order chi connectivity index (χ0) is 11.5. The van der Waals surface area contributed by atoms with Crippen molar-refractivity contribution in [3.63, 3.8) is 0 Å². The van der Waals surface area contributed by atoms with E-state index in [0.29, 0.717) is 0 Å². The maximum atomic E-state index is 10.9. The molecule has 2 N–H and O–H groups in total. The molecule has 0 saturated heterocycles. The fourth-order valence-corrected chi connectivity index (χ4v) is 1.96. The van der Waals surface area contributed by atoms with Gasteiger partial charge >= 0.3 is 5.97 Å². The summed E-state index contributed by atoms with van der Waals surface area (Å²) in [6, 6.07) is 2.86. The van der Waals surface area contributed by atoms with E-state index < -0.39 is 27.8 Å². The van der Waals surface area contributed by atoms with Crippen molar-refractivity contribution in [2.75, 3.05) is 0 Å². The Kier molecular flexibility index (Phi) is 3.38. The number of hydrogen-bond donors (Lipinski definition) is 2. The largest absolute Gasteiger partial charge is 0.481 e. The Morgan fingerprint density at radius 2 is 2.20 bits per heavy atom. The lowest BCUT2D eigenvalue weighted by Crippen LogP contribution is -2.16. The Bertz CT molecular complexity index is 441. The SMILES string of the molecule is O=C(O)CC(c1cccnc1)S(=O)(=O)O. The summed E-state index contributed by atoms with van der Waals surface area (Å²) in [7, 11) is -4.43. The van der Waals surface area contributed by atoms with Gasteiger partial charge in [-0.3, -0.25) is 14.3 Å². The molecule has 0 bridgehead atoms. The molecule has 0 fully saturated rings. The number of rotatable bonds is 4. The molecule has 15 heavy (non-hydrogen) atoms. The van der Waals surface area contributed by atoms with Crippen molar-refractivity contribution in [2.45, 2.75) is 11.7 Å². The Labute approximate surface area is 86.3 Å². The van der Waals surface area contributed by atoms with Gasteiger partial charge in [-0.2, -0.15) is 8.42 Å². The lowest BCUT2D eigenvalue weighted by molar-refractivity contribution is -0.137. The third kappa shape index (κ3) is 3.30. The van der Waals surface area contributed by atoms with Gasteiger partial charge in [0.15, 0.2) is 0 Å². The van der Waals surface area contributed by atoms with Gasteiger partial charge < -0.3 is 5.11 Å². The van der Waals surface area contributed by atoms with Crippen molar-refractivity contribution in [1.82, 2.24) is 4.98 Å². The highest BCUT2D eigenvalue weighted by Gasteiger charge is 2.27. The second-order valence-corrected chi connectivity index (χ2v) is 4.49. The number of nitrogens with zero attached hydrogens (tertiary/aromatic N) is 1. The minimum absolute atomic E-state index is 0.155. The van der Waals surface area contributed by atoms with Crippen LogP contribution in [0.2, 0.25) is 0 Å². The van der Waals surface area contributed by atoms with Gasteiger partial charge in [-0.1, -0.05) is 6.07 Å². The molecule has 1 rings (SSSR count). The molecule has 7 heteroatoms. The molecular weight excluding hydrogens is 222 g/mol. The predicted octanol–water partition coefficient (Wildman–Crippen LogP) is 0.485. The monoisotopic (exact) mass is 231 g/mol. The molecule has 0 aliphatic carbocycles. The summed E-state index contributed by atoms with van der Waals surface area (Å²) in [6.45, 7) is 0. The molecule has 6 nitrogen and oxygen atoms in total. The standard InChI is InChI=1S/C8H9NO5S/c10-8(11)4-7(15(12,13)14)6-2-1-3-9-5-6/h1-3,5,7H,4H2,(H,10,11)(H,12,13,14). The van der Waals surface area contributed by atoms with Crippen LogP contribution in [0.5, 0.6) is 0 Å². The molecule has 0 aliphatic rings. The van der Waals surface area contributed by atoms with Crippen LogP contribution in [0.3, 0.4) is 0 Å². The normalized spacial score (nSPS) is 13.4. The highest BCUT2D eigenvalue weighted by molar-refractivity contribution is 7.86. The van der Waals surface area contributed by atoms with Crippen molar-refractivity contribution in [3.05, 3.63) is 30.1 Å². The van der Waals surface area contributed by atoms with E-state index in [0.717, 1.165) is 0 Å². The lowest BCUT2D eigenvalue weighted by Gasteiger charge is -2.10. The fraction of sp³-hybridized carbons (Fsp3) is 0.250. The van der Waals surface area contributed by atoms with Crippen LogP contribution < -0.4 is 0 Å². The minimum Gasteiger partial charge on any atom is -0.481 e. The maximum Gasteiger partial charge on any atom is 0.305 e. The molecule has 1 heterocycles. The first-order valence-electron chi connectivity index (χ1n) is 3.99. The van der Waals surface area contributed by atoms with E-state index in [1.54, 1.807) is 0 Å². The predicted molar refractivity (Wildman–Crippen MR) is 50.8 cm³/mol. The lowest BCUT2D eigenvalue weighted by atomic mass is 10.1. The summed E-state index contributed by atoms with van der Waals surface area (Å²) >= 11 is 0. The quantitative estimate of drug-likeness (QED) is 0.730. The molecule has 0 amide bonds. The van der Waals surface area contributed by atoms with Gasteiger partial charge in [0.05, 0.1) is 6.42 Å². The summed E-state index contributed by atoms with van der Waals surface area (Å²) in [4.78, 5) is 14.1. The second-order valence-electron chi connectivity index (χ2n) is 2.89. The number of aliphatic carboxylic acids is 1. The third-order valence-electron chi connectivity index (χ3n) is 1.78. The van der Waals surface area contributed by atoms with Crippen LogP contribution in [0.25, 0.3) is 0 Å². The molecule has 1 aromatic heterocycles. The average Bonchev–Trinajstić information content (AvgIpc) is 2.14. The Balaban J connectivity index is 3.08. The fourth-order valence-electron chi connectivity index (χ4n) is 1.12. The van der Waals surface area contributed by atoms with Gasteiger partial charge in [0.2, 0.25) is 0 Å². The number of hydrogen-bond acceptors (Lipinski definition) is 4. The van der Waals surface area contributed by atoms with E-state index in [1.165, 1.54) is 24.5 Å². The molecule has 82 valence electrons. The summed E-state index contributed by atoms with van der Waals surface area (Å²) in [5.41, 5.74) is 0.155. The number of pyridine rings is 1. The van der Waals surface area contributed by atoms with E-state index in [9.17, 15) is 13.2 Å². The summed E-state index contributed by atoms with van der Waals surface area (Å²) in [5.74, 6) is -1.30. The van der Waals surface area contributed by atoms with Gasteiger partial charge in [-0.05, 0) is 11.6 Å². The van der Waals surface area contributed by atoms with Crippen molar-refractivity contribution in [2.24, 2.45) is 0 Å². The van der Waals surface area contributed by atoms with Crippen LogP contribution in [-0.4, -0.2) is 29.0 Å². The zero-order valence-electron chi connectivity index (χ0n) is 7.57. The van der Waals surface area contributed by atoms with Crippen LogP contribution in [0.4, 0.5) is 0 Å². The third-order valence-corrected chi connectivity index (χ3v) is 2.93. The first-order valence-corrected chi connectivity index (χ1v) is 5.49. The minimum atomic E-state index is -4.43. The van der Waals surface area contributed by atoms with Crippen LogP contribution in [0.15, 0.2) is 24.5 Å². The first kappa shape index (κ1) is 11.6. The highest BCUT2D eigenvalue weighted by Crippen LogP contribution is 2.24. The number of carboxylic acids is 1. The van der Waals surface area contributed by atoms with E-state index in [1.807, 2.05) is 0 Å². The molecule has 0 aliphatic heterocycles. The van der Waals surface area contributed by atoms with Crippen LogP contribution in [0, 0.1) is 0 Å². The van der Waals surface area contributed by atoms with Gasteiger partial charge in [0, 0.05) is 12.4 Å². The molecule has 0 saturated carbocycles. The maximum absolute atomic E-state index is 10.9. The summed E-state index contributed by atoms with van der Waals surface area (Å²) in [5, 5.41) is 7.04. The van der Waals surface area contributed by atoms with Crippen molar-refractivity contribution in [1.29, 1.82) is 0 Å². The molecule has 1 unspecified atom stereocenters. The van der Waals surface area contributed by atoms with Crippen LogP contribution in [0.1, 0.15) is 17.2 Å². The van der Waals surface area contributed by atoms with Crippen molar-refractivity contribution in [3.8, 4) is 0 Å². The first-order chi connectivity index (χ1) is 6.91. The van der Waals surface area contributed by atoms with Crippen LogP contribution in [-0.2, 0) is 14.9 Å². The summed E-state index contributed by atoms with van der Waals surface area (Å²) < 4.78 is 30.7. The molecule has 0 radical (unpaired) electrons.